The molecule has 0 saturated carbocycles. The average molecular weight is 269 g/mol. The molecule has 2 aromatic heterocycles. The van der Waals surface area contributed by atoms with Crippen LogP contribution in [0.5, 0.6) is 0 Å². The Kier molecular flexibility index (Phi) is 2.85. The predicted octanol–water partition coefficient (Wildman–Crippen LogP) is 1.88. The van der Waals surface area contributed by atoms with Crippen LogP contribution in [0.25, 0.3) is 21.8 Å². The molecule has 0 unspecified atom stereocenters. The molecule has 0 bridgehead atoms. The highest BCUT2D eigenvalue weighted by molar-refractivity contribution is 7.80. The standard InChI is InChI=1S/C13H11N5S/c14-13(19)18-16-6-8-5-10-9-3-1-2-4-11(9)17-12(10)7-15-8/h1-7,17H,(H3,14,18,19)/b16-6+. The van der Waals surface area contributed by atoms with Crippen molar-refractivity contribution >= 4 is 45.4 Å². The van der Waals surface area contributed by atoms with E-state index in [4.69, 9.17) is 5.73 Å². The number of hydrogen-bond donors (Lipinski definition) is 3. The summed E-state index contributed by atoms with van der Waals surface area (Å²) in [6.07, 6.45) is 3.37. The molecule has 0 atom stereocenters. The minimum Gasteiger partial charge on any atom is -0.375 e. The van der Waals surface area contributed by atoms with Crippen molar-refractivity contribution in [1.29, 1.82) is 0 Å². The summed E-state index contributed by atoms with van der Waals surface area (Å²) in [5.74, 6) is 0. The molecule has 5 nitrogen and oxygen atoms in total. The second-order valence-corrected chi connectivity index (χ2v) is 4.50. The monoisotopic (exact) mass is 269 g/mol. The Morgan fingerprint density at radius 2 is 2.16 bits per heavy atom. The second kappa shape index (κ2) is 4.66. The highest BCUT2D eigenvalue weighted by atomic mass is 32.1. The highest BCUT2D eigenvalue weighted by Gasteiger charge is 2.04. The fraction of sp³-hybridized carbons (Fsp3) is 0. The average Bonchev–Trinajstić information content (AvgIpc) is 2.76. The number of nitrogens with one attached hydrogen (secondary N) is 2. The number of nitrogens with two attached hydrogens (primary N) is 1. The van der Waals surface area contributed by atoms with E-state index in [0.717, 1.165) is 27.5 Å². The Balaban J connectivity index is 2.06. The number of fused-ring (bicyclic) bond motifs is 3. The van der Waals surface area contributed by atoms with Crippen molar-refractivity contribution < 1.29 is 0 Å². The van der Waals surface area contributed by atoms with Gasteiger partial charge < -0.3 is 10.7 Å². The summed E-state index contributed by atoms with van der Waals surface area (Å²) in [6, 6.07) is 10.1. The zero-order valence-corrected chi connectivity index (χ0v) is 10.7. The molecule has 2 heterocycles. The molecule has 0 aliphatic carbocycles. The van der Waals surface area contributed by atoms with Crippen LogP contribution in [0.4, 0.5) is 0 Å². The van der Waals surface area contributed by atoms with Crippen LogP contribution in [0.1, 0.15) is 5.69 Å². The quantitative estimate of drug-likeness (QED) is 0.377. The van der Waals surface area contributed by atoms with Gasteiger partial charge in [-0.1, -0.05) is 18.2 Å². The van der Waals surface area contributed by atoms with E-state index < -0.39 is 0 Å². The van der Waals surface area contributed by atoms with Crippen LogP contribution in [0, 0.1) is 0 Å². The summed E-state index contributed by atoms with van der Waals surface area (Å²) in [5.41, 5.74) is 10.6. The van der Waals surface area contributed by atoms with Crippen molar-refractivity contribution in [2.24, 2.45) is 10.8 Å². The number of nitrogens with zero attached hydrogens (tertiary/aromatic N) is 2. The van der Waals surface area contributed by atoms with Crippen LogP contribution in [0.3, 0.4) is 0 Å². The van der Waals surface area contributed by atoms with Gasteiger partial charge in [-0.15, -0.1) is 0 Å². The number of hydrazone groups is 1. The van der Waals surface area contributed by atoms with Crippen molar-refractivity contribution in [3.8, 4) is 0 Å². The number of hydrogen-bond acceptors (Lipinski definition) is 3. The van der Waals surface area contributed by atoms with Crippen LogP contribution in [0.2, 0.25) is 0 Å². The zero-order chi connectivity index (χ0) is 13.2. The molecular weight excluding hydrogens is 258 g/mol. The lowest BCUT2D eigenvalue weighted by Crippen LogP contribution is -2.24. The minimum absolute atomic E-state index is 0.129. The molecule has 0 fully saturated rings. The van der Waals surface area contributed by atoms with E-state index in [-0.39, 0.29) is 5.11 Å². The highest BCUT2D eigenvalue weighted by Crippen LogP contribution is 2.24. The van der Waals surface area contributed by atoms with Crippen LogP contribution < -0.4 is 11.2 Å². The molecule has 94 valence electrons. The van der Waals surface area contributed by atoms with Gasteiger partial charge in [-0.05, 0) is 24.4 Å². The number of para-hydroxylation sites is 1. The maximum Gasteiger partial charge on any atom is 0.184 e. The first-order valence-electron chi connectivity index (χ1n) is 5.69. The molecule has 19 heavy (non-hydrogen) atoms. The van der Waals surface area contributed by atoms with Crippen molar-refractivity contribution in [3.05, 3.63) is 42.2 Å². The van der Waals surface area contributed by atoms with Crippen molar-refractivity contribution in [2.45, 2.75) is 0 Å². The lowest BCUT2D eigenvalue weighted by Gasteiger charge is -1.95. The number of benzene rings is 1. The summed E-state index contributed by atoms with van der Waals surface area (Å²) >= 11 is 4.66. The van der Waals surface area contributed by atoms with E-state index >= 15 is 0 Å². The van der Waals surface area contributed by atoms with E-state index in [1.165, 1.54) is 0 Å². The van der Waals surface area contributed by atoms with Crippen LogP contribution in [-0.2, 0) is 0 Å². The van der Waals surface area contributed by atoms with Gasteiger partial charge >= 0.3 is 0 Å². The Morgan fingerprint density at radius 1 is 1.32 bits per heavy atom. The third-order valence-corrected chi connectivity index (χ3v) is 2.87. The molecule has 3 aromatic rings. The SMILES string of the molecule is NC(=S)N/N=C/c1cc2c(cn1)[nH]c1ccccc12. The Morgan fingerprint density at radius 3 is 3.00 bits per heavy atom. The molecule has 0 aliphatic heterocycles. The Bertz CT molecular complexity index is 790. The summed E-state index contributed by atoms with van der Waals surface area (Å²) < 4.78 is 0. The van der Waals surface area contributed by atoms with Crippen molar-refractivity contribution in [3.63, 3.8) is 0 Å². The van der Waals surface area contributed by atoms with Gasteiger partial charge in [0.2, 0.25) is 0 Å². The van der Waals surface area contributed by atoms with Gasteiger partial charge in [0.05, 0.1) is 23.6 Å². The summed E-state index contributed by atoms with van der Waals surface area (Å²) in [5, 5.41) is 6.30. The first kappa shape index (κ1) is 11.6. The van der Waals surface area contributed by atoms with Crippen LogP contribution in [-0.4, -0.2) is 21.3 Å². The van der Waals surface area contributed by atoms with Crippen molar-refractivity contribution in [2.75, 3.05) is 0 Å². The van der Waals surface area contributed by atoms with Crippen LogP contribution in [0.15, 0.2) is 41.6 Å². The fourth-order valence-corrected chi connectivity index (χ4v) is 2.05. The number of thiocarbonyl (C=S) groups is 1. The number of H-pyrrole nitrogens is 1. The molecule has 4 N–H and O–H groups in total. The van der Waals surface area contributed by atoms with Crippen LogP contribution >= 0.6 is 12.2 Å². The van der Waals surface area contributed by atoms with Gasteiger partial charge in [0.25, 0.3) is 0 Å². The molecule has 1 aromatic carbocycles. The normalized spacial score (nSPS) is 11.4. The Labute approximate surface area is 114 Å². The largest absolute Gasteiger partial charge is 0.375 e. The molecule has 0 radical (unpaired) electrons. The van der Waals surface area contributed by atoms with E-state index in [1.807, 2.05) is 24.3 Å². The summed E-state index contributed by atoms with van der Waals surface area (Å²) in [6.45, 7) is 0. The maximum atomic E-state index is 5.29. The smallest absolute Gasteiger partial charge is 0.184 e. The van der Waals surface area contributed by atoms with E-state index in [2.05, 4.69) is 38.8 Å². The molecule has 0 aliphatic rings. The third-order valence-electron chi connectivity index (χ3n) is 2.78. The van der Waals surface area contributed by atoms with Gasteiger partial charge in [0.15, 0.2) is 5.11 Å². The lowest BCUT2D eigenvalue weighted by atomic mass is 10.2. The van der Waals surface area contributed by atoms with Gasteiger partial charge in [-0.3, -0.25) is 10.4 Å². The third kappa shape index (κ3) is 2.25. The van der Waals surface area contributed by atoms with E-state index in [0.29, 0.717) is 0 Å². The fourth-order valence-electron chi connectivity index (χ4n) is 2.00. The Hall–Kier alpha value is -2.47. The van der Waals surface area contributed by atoms with E-state index in [9.17, 15) is 0 Å². The molecule has 0 saturated heterocycles. The lowest BCUT2D eigenvalue weighted by molar-refractivity contribution is 1.04. The molecule has 0 spiro atoms. The number of aromatic amines is 1. The second-order valence-electron chi connectivity index (χ2n) is 4.06. The predicted molar refractivity (Wildman–Crippen MR) is 81.1 cm³/mol. The van der Waals surface area contributed by atoms with E-state index in [1.54, 1.807) is 12.4 Å². The van der Waals surface area contributed by atoms with Gasteiger partial charge in [0, 0.05) is 16.3 Å². The molecule has 0 amide bonds. The minimum atomic E-state index is 0.129. The maximum absolute atomic E-state index is 5.29. The number of rotatable bonds is 2. The topological polar surface area (TPSA) is 79.1 Å². The molecular formula is C13H11N5S. The molecule has 3 rings (SSSR count). The van der Waals surface area contributed by atoms with Crippen molar-refractivity contribution in [1.82, 2.24) is 15.4 Å². The summed E-state index contributed by atoms with van der Waals surface area (Å²) in [7, 11) is 0. The number of aromatic nitrogens is 2. The van der Waals surface area contributed by atoms with Gasteiger partial charge in [-0.2, -0.15) is 5.10 Å². The van der Waals surface area contributed by atoms with Gasteiger partial charge in [0.1, 0.15) is 0 Å². The molecule has 6 heteroatoms. The number of pyridine rings is 1. The zero-order valence-electron chi connectivity index (χ0n) is 9.92. The first-order valence-corrected chi connectivity index (χ1v) is 6.10. The summed E-state index contributed by atoms with van der Waals surface area (Å²) in [4.78, 5) is 7.61. The van der Waals surface area contributed by atoms with Gasteiger partial charge in [-0.25, -0.2) is 0 Å². The first-order chi connectivity index (χ1) is 9.24.